The van der Waals surface area contributed by atoms with Crippen molar-refractivity contribution in [1.82, 2.24) is 0 Å². The van der Waals surface area contributed by atoms with E-state index in [1.807, 2.05) is 0 Å². The fourth-order valence-electron chi connectivity index (χ4n) is 7.75. The van der Waals surface area contributed by atoms with Crippen LogP contribution >= 0.6 is 0 Å². The molecule has 10 aromatic rings. The molecular weight excluding hydrogens is 631 g/mol. The van der Waals surface area contributed by atoms with Gasteiger partial charge in [0.05, 0.1) is 0 Å². The first-order valence-electron chi connectivity index (χ1n) is 17.8. The Morgan fingerprint density at radius 1 is 0.327 bits per heavy atom. The minimum atomic E-state index is 0.901. The van der Waals surface area contributed by atoms with E-state index in [0.29, 0.717) is 0 Å². The summed E-state index contributed by atoms with van der Waals surface area (Å²) in [5, 5.41) is 7.11. The van der Waals surface area contributed by atoms with Crippen molar-refractivity contribution in [1.29, 1.82) is 0 Å². The summed E-state index contributed by atoms with van der Waals surface area (Å²) in [7, 11) is 0. The third-order valence-corrected chi connectivity index (χ3v) is 10.3. The zero-order chi connectivity index (χ0) is 34.4. The van der Waals surface area contributed by atoms with E-state index in [2.05, 4.69) is 205 Å². The monoisotopic (exact) mass is 663 g/mol. The van der Waals surface area contributed by atoms with E-state index >= 15 is 0 Å². The minimum absolute atomic E-state index is 0.901. The summed E-state index contributed by atoms with van der Waals surface area (Å²) in [6.45, 7) is 0. The standard InChI is InChI=1S/C50H33NO/c1-2-11-34(12-3-1)39-16-8-17-42(33-39)51(40-28-23-37(24-29-40)44-20-9-15-35-13-4-6-18-43(35)44)41-30-25-38(26-31-41)45-21-10-22-48-49(45)47-32-27-36-14-5-7-19-46(36)50(47)52-48/h1-33H. The van der Waals surface area contributed by atoms with E-state index in [4.69, 9.17) is 4.42 Å². The van der Waals surface area contributed by atoms with Crippen LogP contribution < -0.4 is 4.90 Å². The van der Waals surface area contributed by atoms with Crippen LogP contribution in [-0.4, -0.2) is 0 Å². The Balaban J connectivity index is 1.08. The largest absolute Gasteiger partial charge is 0.455 e. The average Bonchev–Trinajstić information content (AvgIpc) is 3.62. The molecule has 0 aliphatic rings. The SMILES string of the molecule is c1ccc(-c2cccc(N(c3ccc(-c4cccc5ccccc45)cc3)c3ccc(-c4cccc5oc6c7ccccc7ccc6c45)cc3)c2)cc1. The van der Waals surface area contributed by atoms with Crippen molar-refractivity contribution in [2.75, 3.05) is 4.90 Å². The molecule has 0 atom stereocenters. The van der Waals surface area contributed by atoms with E-state index in [0.717, 1.165) is 55.5 Å². The fraction of sp³-hybridized carbons (Fsp3) is 0. The average molecular weight is 664 g/mol. The summed E-state index contributed by atoms with van der Waals surface area (Å²) in [5.74, 6) is 0. The smallest absolute Gasteiger partial charge is 0.143 e. The topological polar surface area (TPSA) is 16.4 Å². The molecule has 10 rings (SSSR count). The molecule has 0 aliphatic heterocycles. The zero-order valence-electron chi connectivity index (χ0n) is 28.4. The third-order valence-electron chi connectivity index (χ3n) is 10.3. The van der Waals surface area contributed by atoms with E-state index in [-0.39, 0.29) is 0 Å². The van der Waals surface area contributed by atoms with Gasteiger partial charge >= 0.3 is 0 Å². The van der Waals surface area contributed by atoms with Crippen molar-refractivity contribution in [2.45, 2.75) is 0 Å². The highest BCUT2D eigenvalue weighted by molar-refractivity contribution is 6.19. The second kappa shape index (κ2) is 12.5. The molecule has 52 heavy (non-hydrogen) atoms. The summed E-state index contributed by atoms with van der Waals surface area (Å²) in [5.41, 5.74) is 12.2. The maximum Gasteiger partial charge on any atom is 0.143 e. The summed E-state index contributed by atoms with van der Waals surface area (Å²) < 4.78 is 6.51. The van der Waals surface area contributed by atoms with Crippen LogP contribution in [0.15, 0.2) is 205 Å². The first kappa shape index (κ1) is 30.0. The molecule has 244 valence electrons. The lowest BCUT2D eigenvalue weighted by atomic mass is 9.97. The number of hydrogen-bond donors (Lipinski definition) is 0. The molecule has 0 fully saturated rings. The minimum Gasteiger partial charge on any atom is -0.455 e. The lowest BCUT2D eigenvalue weighted by Crippen LogP contribution is -2.10. The predicted octanol–water partition coefficient (Wildman–Crippen LogP) is 14.4. The molecule has 0 amide bonds. The highest BCUT2D eigenvalue weighted by Crippen LogP contribution is 2.42. The van der Waals surface area contributed by atoms with Crippen molar-refractivity contribution in [2.24, 2.45) is 0 Å². The van der Waals surface area contributed by atoms with Gasteiger partial charge in [-0.3, -0.25) is 0 Å². The molecule has 9 aromatic carbocycles. The highest BCUT2D eigenvalue weighted by Gasteiger charge is 2.17. The normalized spacial score (nSPS) is 11.5. The van der Waals surface area contributed by atoms with E-state index < -0.39 is 0 Å². The van der Waals surface area contributed by atoms with Gasteiger partial charge in [-0.25, -0.2) is 0 Å². The number of rotatable bonds is 6. The number of hydrogen-bond acceptors (Lipinski definition) is 2. The van der Waals surface area contributed by atoms with Crippen LogP contribution in [0.25, 0.3) is 76.9 Å². The second-order valence-electron chi connectivity index (χ2n) is 13.3. The number of anilines is 3. The number of furan rings is 1. The van der Waals surface area contributed by atoms with Crippen molar-refractivity contribution in [3.05, 3.63) is 200 Å². The van der Waals surface area contributed by atoms with E-state index in [1.54, 1.807) is 0 Å². The van der Waals surface area contributed by atoms with Gasteiger partial charge in [-0.2, -0.15) is 0 Å². The summed E-state index contributed by atoms with van der Waals surface area (Å²) >= 11 is 0. The van der Waals surface area contributed by atoms with Crippen LogP contribution in [0.4, 0.5) is 17.1 Å². The van der Waals surface area contributed by atoms with Gasteiger partial charge < -0.3 is 9.32 Å². The lowest BCUT2D eigenvalue weighted by Gasteiger charge is -2.26. The Bertz CT molecular complexity index is 2880. The molecule has 2 nitrogen and oxygen atoms in total. The van der Waals surface area contributed by atoms with E-state index in [1.165, 1.54) is 38.4 Å². The molecule has 0 saturated carbocycles. The van der Waals surface area contributed by atoms with Crippen LogP contribution in [0.3, 0.4) is 0 Å². The molecular formula is C50H33NO. The van der Waals surface area contributed by atoms with Crippen LogP contribution in [-0.2, 0) is 0 Å². The highest BCUT2D eigenvalue weighted by atomic mass is 16.3. The van der Waals surface area contributed by atoms with Gasteiger partial charge in [0.15, 0.2) is 0 Å². The third kappa shape index (κ3) is 5.12. The molecule has 1 aromatic heterocycles. The maximum absolute atomic E-state index is 6.51. The summed E-state index contributed by atoms with van der Waals surface area (Å²) in [6, 6.07) is 71.6. The molecule has 0 spiro atoms. The Labute approximate surface area is 302 Å². The Hall–Kier alpha value is -6.90. The molecule has 2 heteroatoms. The first-order valence-corrected chi connectivity index (χ1v) is 17.8. The van der Waals surface area contributed by atoms with Gasteiger partial charge in [-0.05, 0) is 98.1 Å². The molecule has 0 saturated heterocycles. The summed E-state index contributed by atoms with van der Waals surface area (Å²) in [4.78, 5) is 2.35. The van der Waals surface area contributed by atoms with Gasteiger partial charge in [-0.1, -0.05) is 152 Å². The number of fused-ring (bicyclic) bond motifs is 6. The molecule has 1 heterocycles. The lowest BCUT2D eigenvalue weighted by molar-refractivity contribution is 0.673. The fourth-order valence-corrected chi connectivity index (χ4v) is 7.75. The Morgan fingerprint density at radius 3 is 1.67 bits per heavy atom. The number of nitrogens with zero attached hydrogens (tertiary/aromatic N) is 1. The second-order valence-corrected chi connectivity index (χ2v) is 13.3. The molecule has 0 bridgehead atoms. The quantitative estimate of drug-likeness (QED) is 0.176. The summed E-state index contributed by atoms with van der Waals surface area (Å²) in [6.07, 6.45) is 0. The molecule has 0 N–H and O–H groups in total. The van der Waals surface area contributed by atoms with Crippen molar-refractivity contribution in [3.8, 4) is 33.4 Å². The molecule has 0 radical (unpaired) electrons. The van der Waals surface area contributed by atoms with Gasteiger partial charge in [0.1, 0.15) is 11.2 Å². The van der Waals surface area contributed by atoms with E-state index in [9.17, 15) is 0 Å². The van der Waals surface area contributed by atoms with Gasteiger partial charge in [-0.15, -0.1) is 0 Å². The predicted molar refractivity (Wildman–Crippen MR) is 220 cm³/mol. The van der Waals surface area contributed by atoms with Crippen LogP contribution in [0.2, 0.25) is 0 Å². The van der Waals surface area contributed by atoms with Crippen LogP contribution in [0.1, 0.15) is 0 Å². The van der Waals surface area contributed by atoms with Crippen molar-refractivity contribution in [3.63, 3.8) is 0 Å². The van der Waals surface area contributed by atoms with Gasteiger partial charge in [0.25, 0.3) is 0 Å². The molecule has 0 aliphatic carbocycles. The first-order chi connectivity index (χ1) is 25.8. The number of benzene rings is 9. The zero-order valence-corrected chi connectivity index (χ0v) is 28.4. The Kier molecular flexibility index (Phi) is 7.18. The maximum atomic E-state index is 6.51. The van der Waals surface area contributed by atoms with Crippen molar-refractivity contribution < 1.29 is 4.42 Å². The van der Waals surface area contributed by atoms with Crippen LogP contribution in [0, 0.1) is 0 Å². The Morgan fingerprint density at radius 2 is 0.904 bits per heavy atom. The van der Waals surface area contributed by atoms with Gasteiger partial charge in [0, 0.05) is 33.2 Å². The van der Waals surface area contributed by atoms with Crippen LogP contribution in [0.5, 0.6) is 0 Å². The molecule has 0 unspecified atom stereocenters. The van der Waals surface area contributed by atoms with Gasteiger partial charge in [0.2, 0.25) is 0 Å². The van der Waals surface area contributed by atoms with Crippen molar-refractivity contribution >= 4 is 60.5 Å².